The summed E-state index contributed by atoms with van der Waals surface area (Å²) in [6.45, 7) is 0. The van der Waals surface area contributed by atoms with Crippen LogP contribution < -0.4 is 4.74 Å². The number of benzene rings is 1. The molecular weight excluding hydrogens is 244 g/mol. The predicted molar refractivity (Wildman–Crippen MR) is 73.2 cm³/mol. The Kier molecular flexibility index (Phi) is 2.99. The predicted octanol–water partition coefficient (Wildman–Crippen LogP) is 3.80. The van der Waals surface area contributed by atoms with Crippen LogP contribution in [0.3, 0.4) is 0 Å². The van der Waals surface area contributed by atoms with E-state index < -0.39 is 0 Å². The van der Waals surface area contributed by atoms with E-state index in [1.807, 2.05) is 53.9 Å². The highest BCUT2D eigenvalue weighted by molar-refractivity contribution is 7.12. The van der Waals surface area contributed by atoms with Crippen molar-refractivity contribution in [2.75, 3.05) is 0 Å². The summed E-state index contributed by atoms with van der Waals surface area (Å²) in [6, 6.07) is 11.6. The molecule has 1 aliphatic heterocycles. The zero-order valence-corrected chi connectivity index (χ0v) is 10.5. The molecule has 0 aliphatic carbocycles. The van der Waals surface area contributed by atoms with E-state index in [1.54, 1.807) is 0 Å². The number of rotatable bonds is 3. The third kappa shape index (κ3) is 2.22. The molecule has 2 aromatic rings. The van der Waals surface area contributed by atoms with Gasteiger partial charge in [0.25, 0.3) is 0 Å². The Balaban J connectivity index is 1.72. The van der Waals surface area contributed by atoms with Crippen LogP contribution in [0.4, 0.5) is 0 Å². The zero-order valence-electron chi connectivity index (χ0n) is 9.71. The Morgan fingerprint density at radius 1 is 1.22 bits per heavy atom. The summed E-state index contributed by atoms with van der Waals surface area (Å²) in [7, 11) is 0. The van der Waals surface area contributed by atoms with E-state index in [-0.39, 0.29) is 11.9 Å². The van der Waals surface area contributed by atoms with E-state index in [9.17, 15) is 4.79 Å². The van der Waals surface area contributed by atoms with Crippen molar-refractivity contribution < 1.29 is 9.53 Å². The lowest BCUT2D eigenvalue weighted by atomic mass is 10.1. The van der Waals surface area contributed by atoms with Gasteiger partial charge in [-0.2, -0.15) is 0 Å². The Hall–Kier alpha value is -1.87. The SMILES string of the molecule is O=C(CC1C=Cc2ccccc2O1)c1cccs1. The number of hydrogen-bond acceptors (Lipinski definition) is 3. The molecule has 0 spiro atoms. The molecule has 1 aromatic heterocycles. The summed E-state index contributed by atoms with van der Waals surface area (Å²) >= 11 is 1.48. The summed E-state index contributed by atoms with van der Waals surface area (Å²) < 4.78 is 5.80. The van der Waals surface area contributed by atoms with Crippen molar-refractivity contribution >= 4 is 23.2 Å². The van der Waals surface area contributed by atoms with Crippen molar-refractivity contribution in [1.82, 2.24) is 0 Å². The summed E-state index contributed by atoms with van der Waals surface area (Å²) in [5.41, 5.74) is 1.07. The number of ketones is 1. The van der Waals surface area contributed by atoms with Crippen LogP contribution >= 0.6 is 11.3 Å². The molecule has 3 heteroatoms. The van der Waals surface area contributed by atoms with Gasteiger partial charge >= 0.3 is 0 Å². The van der Waals surface area contributed by atoms with Gasteiger partial charge in [-0.1, -0.05) is 30.3 Å². The topological polar surface area (TPSA) is 26.3 Å². The maximum absolute atomic E-state index is 12.0. The van der Waals surface area contributed by atoms with Crippen LogP contribution in [-0.2, 0) is 0 Å². The van der Waals surface area contributed by atoms with Gasteiger partial charge in [0.15, 0.2) is 5.78 Å². The van der Waals surface area contributed by atoms with Crippen molar-refractivity contribution in [1.29, 1.82) is 0 Å². The van der Waals surface area contributed by atoms with Crippen LogP contribution in [0, 0.1) is 0 Å². The molecule has 2 heterocycles. The standard InChI is InChI=1S/C15H12O2S/c16-13(15-6-3-9-18-15)10-12-8-7-11-4-1-2-5-14(11)17-12/h1-9,12H,10H2. The molecule has 18 heavy (non-hydrogen) atoms. The lowest BCUT2D eigenvalue weighted by Crippen LogP contribution is -2.20. The molecule has 0 amide bonds. The fraction of sp³-hybridized carbons (Fsp3) is 0.133. The molecule has 0 saturated carbocycles. The van der Waals surface area contributed by atoms with Crippen LogP contribution in [0.15, 0.2) is 47.9 Å². The minimum absolute atomic E-state index is 0.138. The molecule has 1 aliphatic rings. The molecule has 0 bridgehead atoms. The second kappa shape index (κ2) is 4.78. The minimum atomic E-state index is -0.158. The number of Topliss-reactive ketones (excluding diaryl/α,β-unsaturated/α-hetero) is 1. The van der Waals surface area contributed by atoms with Gasteiger partial charge in [-0.15, -0.1) is 11.3 Å². The van der Waals surface area contributed by atoms with E-state index in [0.29, 0.717) is 6.42 Å². The summed E-state index contributed by atoms with van der Waals surface area (Å²) in [5, 5.41) is 1.92. The molecular formula is C15H12O2S. The van der Waals surface area contributed by atoms with Gasteiger partial charge in [0.1, 0.15) is 11.9 Å². The third-order valence-corrected chi connectivity index (χ3v) is 3.78. The largest absolute Gasteiger partial charge is 0.485 e. The van der Waals surface area contributed by atoms with Gasteiger partial charge in [-0.3, -0.25) is 4.79 Å². The van der Waals surface area contributed by atoms with E-state index in [2.05, 4.69) is 0 Å². The van der Waals surface area contributed by atoms with Gasteiger partial charge in [0, 0.05) is 5.56 Å². The van der Waals surface area contributed by atoms with Gasteiger partial charge in [0.2, 0.25) is 0 Å². The van der Waals surface area contributed by atoms with E-state index >= 15 is 0 Å². The van der Waals surface area contributed by atoms with Crippen LogP contribution in [0.1, 0.15) is 21.7 Å². The maximum Gasteiger partial charge on any atom is 0.176 e. The third-order valence-electron chi connectivity index (χ3n) is 2.87. The molecule has 1 aromatic carbocycles. The monoisotopic (exact) mass is 256 g/mol. The number of carbonyl (C=O) groups is 1. The molecule has 1 atom stereocenters. The normalized spacial score (nSPS) is 17.0. The minimum Gasteiger partial charge on any atom is -0.485 e. The molecule has 3 rings (SSSR count). The average Bonchev–Trinajstić information content (AvgIpc) is 2.92. The van der Waals surface area contributed by atoms with Crippen LogP contribution in [0.25, 0.3) is 6.08 Å². The first-order valence-corrected chi connectivity index (χ1v) is 6.71. The van der Waals surface area contributed by atoms with Crippen molar-refractivity contribution in [3.8, 4) is 5.75 Å². The number of thiophene rings is 1. The first kappa shape index (κ1) is 11.2. The van der Waals surface area contributed by atoms with Crippen molar-refractivity contribution in [2.45, 2.75) is 12.5 Å². The van der Waals surface area contributed by atoms with Gasteiger partial charge < -0.3 is 4.74 Å². The highest BCUT2D eigenvalue weighted by Crippen LogP contribution is 2.27. The molecule has 1 unspecified atom stereocenters. The van der Waals surface area contributed by atoms with Gasteiger partial charge in [0.05, 0.1) is 11.3 Å². The van der Waals surface area contributed by atoms with E-state index in [4.69, 9.17) is 4.74 Å². The number of fused-ring (bicyclic) bond motifs is 1. The fourth-order valence-corrected chi connectivity index (χ4v) is 2.64. The van der Waals surface area contributed by atoms with Crippen LogP contribution in [0.5, 0.6) is 5.75 Å². The van der Waals surface area contributed by atoms with E-state index in [1.165, 1.54) is 11.3 Å². The second-order valence-corrected chi connectivity index (χ2v) is 5.11. The number of carbonyl (C=O) groups excluding carboxylic acids is 1. The molecule has 0 radical (unpaired) electrons. The molecule has 2 nitrogen and oxygen atoms in total. The average molecular weight is 256 g/mol. The zero-order chi connectivity index (χ0) is 12.4. The Morgan fingerprint density at radius 2 is 2.11 bits per heavy atom. The van der Waals surface area contributed by atoms with Crippen molar-refractivity contribution in [3.05, 3.63) is 58.3 Å². The molecule has 0 N–H and O–H groups in total. The number of hydrogen-bond donors (Lipinski definition) is 0. The van der Waals surface area contributed by atoms with Crippen LogP contribution in [-0.4, -0.2) is 11.9 Å². The lowest BCUT2D eigenvalue weighted by molar-refractivity contribution is 0.0939. The Morgan fingerprint density at radius 3 is 2.94 bits per heavy atom. The first-order valence-electron chi connectivity index (χ1n) is 5.83. The van der Waals surface area contributed by atoms with E-state index in [0.717, 1.165) is 16.2 Å². The highest BCUT2D eigenvalue weighted by atomic mass is 32.1. The molecule has 0 saturated heterocycles. The quantitative estimate of drug-likeness (QED) is 0.781. The Bertz CT molecular complexity index is 584. The summed E-state index contributed by atoms with van der Waals surface area (Å²) in [6.07, 6.45) is 4.21. The first-order chi connectivity index (χ1) is 8.83. The van der Waals surface area contributed by atoms with Gasteiger partial charge in [-0.25, -0.2) is 0 Å². The number of ether oxygens (including phenoxy) is 1. The van der Waals surface area contributed by atoms with Gasteiger partial charge in [-0.05, 0) is 23.6 Å². The summed E-state index contributed by atoms with van der Waals surface area (Å²) in [4.78, 5) is 12.8. The second-order valence-electron chi connectivity index (χ2n) is 4.16. The number of para-hydroxylation sites is 1. The smallest absolute Gasteiger partial charge is 0.176 e. The lowest BCUT2D eigenvalue weighted by Gasteiger charge is -2.20. The molecule has 0 fully saturated rings. The Labute approximate surface area is 110 Å². The fourth-order valence-electron chi connectivity index (χ4n) is 1.97. The summed E-state index contributed by atoms with van der Waals surface area (Å²) in [5.74, 6) is 0.989. The highest BCUT2D eigenvalue weighted by Gasteiger charge is 2.18. The van der Waals surface area contributed by atoms with Crippen LogP contribution in [0.2, 0.25) is 0 Å². The van der Waals surface area contributed by atoms with Crippen molar-refractivity contribution in [3.63, 3.8) is 0 Å². The van der Waals surface area contributed by atoms with Crippen molar-refractivity contribution in [2.24, 2.45) is 0 Å². The maximum atomic E-state index is 12.0. The molecule has 90 valence electrons.